The Morgan fingerprint density at radius 2 is 2.57 bits per heavy atom. The first kappa shape index (κ1) is 9.54. The van der Waals surface area contributed by atoms with E-state index in [1.165, 1.54) is 24.2 Å². The van der Waals surface area contributed by atoms with Gasteiger partial charge in [0.25, 0.3) is 0 Å². The Morgan fingerprint density at radius 1 is 1.79 bits per heavy atom. The Hall–Kier alpha value is -1.01. The largest absolute Gasteiger partial charge is 0.320 e. The van der Waals surface area contributed by atoms with Crippen LogP contribution in [0.15, 0.2) is 5.51 Å². The molecule has 1 heterocycles. The maximum atomic E-state index is 11.5. The number of nitrogens with two attached hydrogens (primary N) is 1. The van der Waals surface area contributed by atoms with Gasteiger partial charge in [0.1, 0.15) is 5.51 Å². The molecule has 5 nitrogen and oxygen atoms in total. The summed E-state index contributed by atoms with van der Waals surface area (Å²) in [4.78, 5) is 11.5. The second kappa shape index (κ2) is 4.02. The van der Waals surface area contributed by atoms with Gasteiger partial charge in [-0.1, -0.05) is 24.2 Å². The van der Waals surface area contributed by atoms with Crippen LogP contribution >= 0.6 is 11.3 Å². The predicted octanol–water partition coefficient (Wildman–Crippen LogP) is 0.604. The van der Waals surface area contributed by atoms with E-state index in [1.807, 2.05) is 0 Å². The monoisotopic (exact) mass is 212 g/mol. The number of amides is 1. The Balaban J connectivity index is 1.81. The van der Waals surface area contributed by atoms with E-state index < -0.39 is 6.04 Å². The molecule has 3 N–H and O–H groups in total. The molecule has 1 fully saturated rings. The fourth-order valence-corrected chi connectivity index (χ4v) is 1.69. The second-order valence-corrected chi connectivity index (χ2v) is 4.35. The molecule has 2 rings (SSSR count). The zero-order valence-electron chi connectivity index (χ0n) is 7.64. The number of anilines is 1. The van der Waals surface area contributed by atoms with Crippen molar-refractivity contribution in [2.24, 2.45) is 11.7 Å². The molecule has 0 bridgehead atoms. The summed E-state index contributed by atoms with van der Waals surface area (Å²) in [7, 11) is 0. The lowest BCUT2D eigenvalue weighted by Crippen LogP contribution is -2.35. The zero-order chi connectivity index (χ0) is 9.97. The fourth-order valence-electron chi connectivity index (χ4n) is 1.25. The Labute approximate surface area is 85.7 Å². The van der Waals surface area contributed by atoms with E-state index in [-0.39, 0.29) is 5.91 Å². The van der Waals surface area contributed by atoms with Crippen molar-refractivity contribution in [2.75, 3.05) is 5.32 Å². The molecule has 0 spiro atoms. The molecule has 1 aromatic heterocycles. The quantitative estimate of drug-likeness (QED) is 0.766. The van der Waals surface area contributed by atoms with E-state index in [1.54, 1.807) is 5.51 Å². The highest BCUT2D eigenvalue weighted by Crippen LogP contribution is 2.33. The molecular formula is C8H12N4OS. The zero-order valence-corrected chi connectivity index (χ0v) is 8.46. The third kappa shape index (κ3) is 2.49. The Kier molecular flexibility index (Phi) is 2.74. The van der Waals surface area contributed by atoms with Crippen LogP contribution in [0.1, 0.15) is 19.3 Å². The predicted molar refractivity (Wildman–Crippen MR) is 53.9 cm³/mol. The van der Waals surface area contributed by atoms with E-state index in [9.17, 15) is 4.79 Å². The van der Waals surface area contributed by atoms with E-state index >= 15 is 0 Å². The van der Waals surface area contributed by atoms with Crippen molar-refractivity contribution in [3.05, 3.63) is 5.51 Å². The highest BCUT2D eigenvalue weighted by Gasteiger charge is 2.27. The van der Waals surface area contributed by atoms with Crippen molar-refractivity contribution in [2.45, 2.75) is 25.3 Å². The van der Waals surface area contributed by atoms with Crippen molar-refractivity contribution in [3.8, 4) is 0 Å². The molecule has 1 aromatic rings. The summed E-state index contributed by atoms with van der Waals surface area (Å²) < 4.78 is 0. The molecule has 1 amide bonds. The van der Waals surface area contributed by atoms with Crippen molar-refractivity contribution in [1.29, 1.82) is 0 Å². The summed E-state index contributed by atoms with van der Waals surface area (Å²) in [6.45, 7) is 0. The van der Waals surface area contributed by atoms with Crippen molar-refractivity contribution >= 4 is 22.4 Å². The van der Waals surface area contributed by atoms with Gasteiger partial charge in [0.05, 0.1) is 6.04 Å². The van der Waals surface area contributed by atoms with Crippen molar-refractivity contribution in [3.63, 3.8) is 0 Å². The molecular weight excluding hydrogens is 200 g/mol. The number of aromatic nitrogens is 2. The average Bonchev–Trinajstić information content (AvgIpc) is 2.81. The number of carbonyl (C=O) groups excluding carboxylic acids is 1. The fraction of sp³-hybridized carbons (Fsp3) is 0.625. The Morgan fingerprint density at radius 3 is 3.14 bits per heavy atom. The number of nitrogens with zero attached hydrogens (tertiary/aromatic N) is 2. The standard InChI is InChI=1S/C8H12N4OS/c9-6(3-5-1-2-5)7(13)11-8-12-10-4-14-8/h4-6H,1-3,9H2,(H,11,12,13)/t6-/m0/s1. The summed E-state index contributed by atoms with van der Waals surface area (Å²) in [6, 6.07) is -0.411. The molecule has 6 heteroatoms. The van der Waals surface area contributed by atoms with Gasteiger partial charge in [0.2, 0.25) is 11.0 Å². The van der Waals surface area contributed by atoms with Gasteiger partial charge in [-0.2, -0.15) is 0 Å². The highest BCUT2D eigenvalue weighted by atomic mass is 32.1. The summed E-state index contributed by atoms with van der Waals surface area (Å²) >= 11 is 1.29. The van der Waals surface area contributed by atoms with Crippen LogP contribution in [-0.4, -0.2) is 22.1 Å². The normalized spacial score (nSPS) is 17.8. The number of hydrogen-bond acceptors (Lipinski definition) is 5. The van der Waals surface area contributed by atoms with Gasteiger partial charge in [-0.25, -0.2) is 0 Å². The molecule has 1 aliphatic rings. The maximum Gasteiger partial charge on any atom is 0.243 e. The molecule has 1 saturated carbocycles. The van der Waals surface area contributed by atoms with Crippen LogP contribution in [0.25, 0.3) is 0 Å². The third-order valence-electron chi connectivity index (χ3n) is 2.21. The molecule has 0 aromatic carbocycles. The van der Waals surface area contributed by atoms with E-state index in [0.29, 0.717) is 11.0 Å². The van der Waals surface area contributed by atoms with Gasteiger partial charge in [0, 0.05) is 0 Å². The van der Waals surface area contributed by atoms with Gasteiger partial charge < -0.3 is 5.73 Å². The molecule has 1 aliphatic carbocycles. The average molecular weight is 212 g/mol. The highest BCUT2D eigenvalue weighted by molar-refractivity contribution is 7.13. The third-order valence-corrected chi connectivity index (χ3v) is 2.82. The van der Waals surface area contributed by atoms with Crippen LogP contribution in [-0.2, 0) is 4.79 Å². The molecule has 0 unspecified atom stereocenters. The first-order valence-electron chi connectivity index (χ1n) is 4.58. The minimum absolute atomic E-state index is 0.159. The summed E-state index contributed by atoms with van der Waals surface area (Å²) in [6.07, 6.45) is 3.20. The van der Waals surface area contributed by atoms with E-state index in [4.69, 9.17) is 5.73 Å². The summed E-state index contributed by atoms with van der Waals surface area (Å²) in [5, 5.41) is 10.5. The lowest BCUT2D eigenvalue weighted by Gasteiger charge is -2.08. The minimum atomic E-state index is -0.411. The lowest BCUT2D eigenvalue weighted by atomic mass is 10.1. The second-order valence-electron chi connectivity index (χ2n) is 3.52. The molecule has 0 saturated heterocycles. The van der Waals surface area contributed by atoms with Gasteiger partial charge in [-0.3, -0.25) is 10.1 Å². The van der Waals surface area contributed by atoms with Crippen LogP contribution in [0.3, 0.4) is 0 Å². The van der Waals surface area contributed by atoms with Crippen molar-refractivity contribution in [1.82, 2.24) is 10.2 Å². The summed E-state index contributed by atoms with van der Waals surface area (Å²) in [5.74, 6) is 0.499. The number of rotatable bonds is 4. The van der Waals surface area contributed by atoms with Gasteiger partial charge in [0.15, 0.2) is 0 Å². The molecule has 0 aliphatic heterocycles. The van der Waals surface area contributed by atoms with Crippen LogP contribution in [0.5, 0.6) is 0 Å². The number of nitrogens with one attached hydrogen (secondary N) is 1. The van der Waals surface area contributed by atoms with Crippen LogP contribution < -0.4 is 11.1 Å². The Bertz CT molecular complexity index is 309. The topological polar surface area (TPSA) is 80.9 Å². The number of hydrogen-bond donors (Lipinski definition) is 2. The van der Waals surface area contributed by atoms with Crippen LogP contribution in [0.2, 0.25) is 0 Å². The van der Waals surface area contributed by atoms with E-state index in [0.717, 1.165) is 6.42 Å². The van der Waals surface area contributed by atoms with Gasteiger partial charge in [-0.15, -0.1) is 10.2 Å². The van der Waals surface area contributed by atoms with Gasteiger partial charge in [-0.05, 0) is 12.3 Å². The van der Waals surface area contributed by atoms with Crippen LogP contribution in [0.4, 0.5) is 5.13 Å². The first-order valence-corrected chi connectivity index (χ1v) is 5.46. The smallest absolute Gasteiger partial charge is 0.243 e. The van der Waals surface area contributed by atoms with E-state index in [2.05, 4.69) is 15.5 Å². The first-order chi connectivity index (χ1) is 6.75. The molecule has 76 valence electrons. The lowest BCUT2D eigenvalue weighted by molar-refractivity contribution is -0.117. The summed E-state index contributed by atoms with van der Waals surface area (Å²) in [5.41, 5.74) is 7.29. The molecule has 1 atom stereocenters. The number of carbonyl (C=O) groups is 1. The minimum Gasteiger partial charge on any atom is -0.320 e. The van der Waals surface area contributed by atoms with Crippen molar-refractivity contribution < 1.29 is 4.79 Å². The molecule has 14 heavy (non-hydrogen) atoms. The SMILES string of the molecule is N[C@@H](CC1CC1)C(=O)Nc1nncs1. The van der Waals surface area contributed by atoms with Crippen LogP contribution in [0, 0.1) is 5.92 Å². The van der Waals surface area contributed by atoms with Gasteiger partial charge >= 0.3 is 0 Å². The maximum absolute atomic E-state index is 11.5. The molecule has 0 radical (unpaired) electrons.